The van der Waals surface area contributed by atoms with Crippen LogP contribution in [0.1, 0.15) is 393 Å². The van der Waals surface area contributed by atoms with Crippen LogP contribution in [-0.4, -0.2) is 47.4 Å². The fourth-order valence-electron chi connectivity index (χ4n) is 11.1. The van der Waals surface area contributed by atoms with Gasteiger partial charge < -0.3 is 20.3 Å². The van der Waals surface area contributed by atoms with E-state index in [0.717, 1.165) is 38.5 Å². The molecule has 2 unspecified atom stereocenters. The smallest absolute Gasteiger partial charge is 0.305 e. The Balaban J connectivity index is 3.41. The molecule has 75 heavy (non-hydrogen) atoms. The van der Waals surface area contributed by atoms with Gasteiger partial charge in [0, 0.05) is 12.8 Å². The second kappa shape index (κ2) is 65.1. The molecule has 6 nitrogen and oxygen atoms in total. The normalized spacial score (nSPS) is 12.5. The highest BCUT2D eigenvalue weighted by atomic mass is 16.5. The Hall–Kier alpha value is -1.40. The van der Waals surface area contributed by atoms with E-state index in [1.54, 1.807) is 0 Å². The van der Waals surface area contributed by atoms with Gasteiger partial charge in [0.15, 0.2) is 0 Å². The molecule has 2 atom stereocenters. The fourth-order valence-corrected chi connectivity index (χ4v) is 11.1. The Bertz CT molecular complexity index is 1130. The quantitative estimate of drug-likeness (QED) is 0.0320. The van der Waals surface area contributed by atoms with E-state index in [2.05, 4.69) is 31.3 Å². The average molecular weight is 1060 g/mol. The number of hydrogen-bond acceptors (Lipinski definition) is 5. The Morgan fingerprint density at radius 2 is 0.627 bits per heavy atom. The van der Waals surface area contributed by atoms with Crippen LogP contribution in [0.5, 0.6) is 0 Å². The molecule has 0 aromatic carbocycles. The van der Waals surface area contributed by atoms with Crippen LogP contribution in [0.3, 0.4) is 0 Å². The lowest BCUT2D eigenvalue weighted by Gasteiger charge is -2.22. The number of carbonyl (C=O) groups excluding carboxylic acids is 2. The van der Waals surface area contributed by atoms with Gasteiger partial charge in [0.2, 0.25) is 5.91 Å². The highest BCUT2D eigenvalue weighted by Crippen LogP contribution is 2.19. The summed E-state index contributed by atoms with van der Waals surface area (Å²) in [6, 6.07) is -0.547. The van der Waals surface area contributed by atoms with Crippen molar-refractivity contribution in [2.75, 3.05) is 13.2 Å². The van der Waals surface area contributed by atoms with Gasteiger partial charge in [0.25, 0.3) is 0 Å². The number of unbranched alkanes of at least 4 members (excludes halogenated alkanes) is 52. The molecule has 0 spiro atoms. The lowest BCUT2D eigenvalue weighted by Crippen LogP contribution is -2.45. The minimum absolute atomic E-state index is 0.0118. The maximum atomic E-state index is 12.5. The molecular weight excluding hydrogens is 923 g/mol. The number of aliphatic hydroxyl groups excluding tert-OH is 2. The monoisotopic (exact) mass is 1060 g/mol. The van der Waals surface area contributed by atoms with Gasteiger partial charge in [0.05, 0.1) is 25.4 Å². The number of amides is 1. The minimum Gasteiger partial charge on any atom is -0.466 e. The first-order chi connectivity index (χ1) is 37.0. The lowest BCUT2D eigenvalue weighted by atomic mass is 10.0. The Labute approximate surface area is 469 Å². The first-order valence-electron chi connectivity index (χ1n) is 34.4. The third kappa shape index (κ3) is 61.7. The van der Waals surface area contributed by atoms with Crippen molar-refractivity contribution < 1.29 is 24.5 Å². The highest BCUT2D eigenvalue weighted by Gasteiger charge is 2.20. The molecule has 0 aliphatic carbocycles. The maximum Gasteiger partial charge on any atom is 0.305 e. The number of hydrogen-bond donors (Lipinski definition) is 3. The first-order valence-corrected chi connectivity index (χ1v) is 34.4. The molecule has 0 aliphatic heterocycles. The molecule has 0 heterocycles. The van der Waals surface area contributed by atoms with Gasteiger partial charge in [-0.2, -0.15) is 0 Å². The number of aliphatic hydroxyl groups is 2. The summed E-state index contributed by atoms with van der Waals surface area (Å²) in [6.45, 7) is 4.99. The van der Waals surface area contributed by atoms with Crippen molar-refractivity contribution in [3.05, 3.63) is 12.2 Å². The molecule has 0 radical (unpaired) electrons. The van der Waals surface area contributed by atoms with Gasteiger partial charge in [-0.05, 0) is 51.4 Å². The van der Waals surface area contributed by atoms with E-state index >= 15 is 0 Å². The molecule has 6 heteroatoms. The van der Waals surface area contributed by atoms with Crippen molar-refractivity contribution in [2.24, 2.45) is 0 Å². The van der Waals surface area contributed by atoms with E-state index in [0.29, 0.717) is 25.9 Å². The van der Waals surface area contributed by atoms with E-state index in [9.17, 15) is 19.8 Å². The van der Waals surface area contributed by atoms with E-state index in [1.807, 2.05) is 0 Å². The van der Waals surface area contributed by atoms with Crippen molar-refractivity contribution in [2.45, 2.75) is 405 Å². The first kappa shape index (κ1) is 73.6. The summed E-state index contributed by atoms with van der Waals surface area (Å²) in [4.78, 5) is 24.6. The van der Waals surface area contributed by atoms with Gasteiger partial charge in [-0.15, -0.1) is 0 Å². The van der Waals surface area contributed by atoms with Crippen LogP contribution < -0.4 is 5.32 Å². The summed E-state index contributed by atoms with van der Waals surface area (Å²) in [7, 11) is 0. The van der Waals surface area contributed by atoms with E-state index in [-0.39, 0.29) is 18.5 Å². The van der Waals surface area contributed by atoms with Gasteiger partial charge in [-0.1, -0.05) is 341 Å². The van der Waals surface area contributed by atoms with Crippen LogP contribution in [0.2, 0.25) is 0 Å². The standard InChI is InChI=1S/C69H135NO5/c1-3-5-7-9-11-13-15-17-18-19-20-21-22-23-26-29-32-35-38-41-45-49-53-57-61-67(72)66(65-71)70-68(73)62-58-54-50-46-42-39-36-33-30-27-24-25-28-31-34-37-40-44-48-52-56-60-64-75-69(74)63-59-55-51-47-43-16-14-12-10-8-6-4-2/h27,30,66-67,71-72H,3-26,28-29,31-65H2,1-2H3,(H,70,73)/b30-27-. The summed E-state index contributed by atoms with van der Waals surface area (Å²) in [6.07, 6.45) is 79.6. The lowest BCUT2D eigenvalue weighted by molar-refractivity contribution is -0.143. The third-order valence-corrected chi connectivity index (χ3v) is 16.3. The summed E-state index contributed by atoms with van der Waals surface area (Å²) < 4.78 is 5.48. The maximum absolute atomic E-state index is 12.5. The molecule has 0 bridgehead atoms. The molecule has 0 saturated heterocycles. The topological polar surface area (TPSA) is 95.9 Å². The molecular formula is C69H135NO5. The molecule has 1 amide bonds. The SMILES string of the molecule is CCCCCCCCCCCCCCCCCCCCCCCCCCC(O)C(CO)NC(=O)CCCCCCCCC/C=C\CCCCCCCCCCCCCOC(=O)CCCCCCCCCCCCCC. The van der Waals surface area contributed by atoms with Crippen LogP contribution in [0.4, 0.5) is 0 Å². The van der Waals surface area contributed by atoms with Crippen LogP contribution >= 0.6 is 0 Å². The zero-order valence-electron chi connectivity index (χ0n) is 51.1. The molecule has 0 aliphatic rings. The van der Waals surface area contributed by atoms with Crippen molar-refractivity contribution in [1.29, 1.82) is 0 Å². The molecule has 0 saturated carbocycles. The predicted octanol–water partition coefficient (Wildman–Crippen LogP) is 22.0. The summed E-state index contributed by atoms with van der Waals surface area (Å²) in [5, 5.41) is 23.4. The number of esters is 1. The summed E-state index contributed by atoms with van der Waals surface area (Å²) >= 11 is 0. The largest absolute Gasteiger partial charge is 0.466 e. The second-order valence-corrected chi connectivity index (χ2v) is 23.9. The number of allylic oxidation sites excluding steroid dienone is 2. The van der Waals surface area contributed by atoms with Crippen molar-refractivity contribution >= 4 is 11.9 Å². The van der Waals surface area contributed by atoms with Crippen LogP contribution in [0, 0.1) is 0 Å². The predicted molar refractivity (Wildman–Crippen MR) is 329 cm³/mol. The van der Waals surface area contributed by atoms with Crippen molar-refractivity contribution in [1.82, 2.24) is 5.32 Å². The van der Waals surface area contributed by atoms with Gasteiger partial charge >= 0.3 is 5.97 Å². The van der Waals surface area contributed by atoms with E-state index in [1.165, 1.54) is 321 Å². The number of ether oxygens (including phenoxy) is 1. The Morgan fingerprint density at radius 1 is 0.360 bits per heavy atom. The van der Waals surface area contributed by atoms with Gasteiger partial charge in [-0.3, -0.25) is 9.59 Å². The zero-order chi connectivity index (χ0) is 54.3. The summed E-state index contributed by atoms with van der Waals surface area (Å²) in [5.74, 6) is -0.0251. The summed E-state index contributed by atoms with van der Waals surface area (Å²) in [5.41, 5.74) is 0. The second-order valence-electron chi connectivity index (χ2n) is 23.9. The van der Waals surface area contributed by atoms with Crippen LogP contribution in [-0.2, 0) is 14.3 Å². The van der Waals surface area contributed by atoms with E-state index in [4.69, 9.17) is 4.74 Å². The van der Waals surface area contributed by atoms with E-state index < -0.39 is 12.1 Å². The number of rotatable bonds is 65. The minimum atomic E-state index is -0.669. The third-order valence-electron chi connectivity index (χ3n) is 16.3. The zero-order valence-corrected chi connectivity index (χ0v) is 51.1. The van der Waals surface area contributed by atoms with Crippen LogP contribution in [0.15, 0.2) is 12.2 Å². The van der Waals surface area contributed by atoms with Crippen molar-refractivity contribution in [3.8, 4) is 0 Å². The van der Waals surface area contributed by atoms with Crippen molar-refractivity contribution in [3.63, 3.8) is 0 Å². The molecule has 0 aromatic heterocycles. The number of nitrogens with one attached hydrogen (secondary N) is 1. The fraction of sp³-hybridized carbons (Fsp3) is 0.942. The molecule has 446 valence electrons. The molecule has 0 aromatic rings. The number of carbonyl (C=O) groups is 2. The molecule has 0 rings (SSSR count). The van der Waals surface area contributed by atoms with Gasteiger partial charge in [-0.25, -0.2) is 0 Å². The average Bonchev–Trinajstić information content (AvgIpc) is 3.41. The Morgan fingerprint density at radius 3 is 0.947 bits per heavy atom. The Kier molecular flexibility index (Phi) is 63.9. The van der Waals surface area contributed by atoms with Gasteiger partial charge in [0.1, 0.15) is 0 Å². The van der Waals surface area contributed by atoms with Crippen LogP contribution in [0.25, 0.3) is 0 Å². The molecule has 3 N–H and O–H groups in total. The highest BCUT2D eigenvalue weighted by molar-refractivity contribution is 5.76. The molecule has 0 fully saturated rings.